The van der Waals surface area contributed by atoms with Crippen molar-refractivity contribution in [2.75, 3.05) is 13.1 Å². The molecule has 2 heterocycles. The van der Waals surface area contributed by atoms with Crippen molar-refractivity contribution >= 4 is 5.91 Å². The summed E-state index contributed by atoms with van der Waals surface area (Å²) in [5.74, 6) is -2.07. The fraction of sp³-hybridized carbons (Fsp3) is 0.320. The van der Waals surface area contributed by atoms with Crippen LogP contribution >= 0.6 is 0 Å². The van der Waals surface area contributed by atoms with Crippen molar-refractivity contribution in [2.45, 2.75) is 38.4 Å². The summed E-state index contributed by atoms with van der Waals surface area (Å²) >= 11 is 0. The molecule has 6 nitrogen and oxygen atoms in total. The zero-order valence-corrected chi connectivity index (χ0v) is 18.7. The topological polar surface area (TPSA) is 75.4 Å². The van der Waals surface area contributed by atoms with E-state index in [2.05, 4.69) is 5.10 Å². The van der Waals surface area contributed by atoms with Crippen LogP contribution in [0.25, 0.3) is 0 Å². The lowest BCUT2D eigenvalue weighted by Crippen LogP contribution is -2.48. The third-order valence-corrected chi connectivity index (χ3v) is 6.29. The zero-order valence-electron chi connectivity index (χ0n) is 18.7. The number of nitrogens with zero attached hydrogens (tertiary/aromatic N) is 3. The highest BCUT2D eigenvalue weighted by atomic mass is 19.4. The van der Waals surface area contributed by atoms with Crippen molar-refractivity contribution in [3.63, 3.8) is 0 Å². The molecule has 0 spiro atoms. The molecule has 2 aromatic carbocycles. The van der Waals surface area contributed by atoms with Gasteiger partial charge < -0.3 is 10.0 Å². The Kier molecular flexibility index (Phi) is 6.20. The van der Waals surface area contributed by atoms with E-state index >= 15 is 0 Å². The Hall–Kier alpha value is -3.62. The minimum atomic E-state index is -4.46. The molecule has 0 radical (unpaired) electrons. The van der Waals surface area contributed by atoms with Gasteiger partial charge in [-0.25, -0.2) is 0 Å². The Morgan fingerprint density at radius 1 is 1.03 bits per heavy atom. The summed E-state index contributed by atoms with van der Waals surface area (Å²) in [6, 6.07) is 14.6. The fourth-order valence-electron chi connectivity index (χ4n) is 4.60. The molecular weight excluding hydrogens is 447 g/mol. The van der Waals surface area contributed by atoms with E-state index in [0.717, 1.165) is 33.4 Å². The lowest BCUT2D eigenvalue weighted by atomic mass is 9.80. The highest BCUT2D eigenvalue weighted by molar-refractivity contribution is 5.95. The van der Waals surface area contributed by atoms with Gasteiger partial charge in [-0.1, -0.05) is 48.5 Å². The van der Waals surface area contributed by atoms with Crippen molar-refractivity contribution in [3.8, 4) is 5.75 Å². The van der Waals surface area contributed by atoms with Crippen molar-refractivity contribution in [3.05, 3.63) is 92.9 Å². The number of hydrogen-bond acceptors (Lipinski definition) is 4. The number of rotatable bonds is 5. The molecule has 1 N–H and O–H groups in total. The first-order valence-electron chi connectivity index (χ1n) is 10.9. The number of benzene rings is 2. The maximum Gasteiger partial charge on any atom is 0.390 e. The van der Waals surface area contributed by atoms with Gasteiger partial charge in [0.1, 0.15) is 0 Å². The number of halogens is 3. The van der Waals surface area contributed by atoms with Gasteiger partial charge in [0, 0.05) is 19.0 Å². The van der Waals surface area contributed by atoms with Crippen molar-refractivity contribution in [1.29, 1.82) is 0 Å². The molecule has 1 aliphatic heterocycles. The van der Waals surface area contributed by atoms with Gasteiger partial charge in [-0.2, -0.15) is 18.3 Å². The highest BCUT2D eigenvalue weighted by Gasteiger charge is 2.41. The van der Waals surface area contributed by atoms with Crippen LogP contribution in [0.4, 0.5) is 13.2 Å². The normalized spacial score (nSPS) is 16.1. The van der Waals surface area contributed by atoms with Crippen LogP contribution in [0.2, 0.25) is 0 Å². The van der Waals surface area contributed by atoms with E-state index in [4.69, 9.17) is 0 Å². The second-order valence-electron chi connectivity index (χ2n) is 8.53. The Balaban J connectivity index is 1.93. The maximum atomic E-state index is 13.1. The Labute approximate surface area is 194 Å². The van der Waals surface area contributed by atoms with Gasteiger partial charge in [0.15, 0.2) is 11.4 Å². The van der Waals surface area contributed by atoms with E-state index in [-0.39, 0.29) is 6.54 Å². The molecule has 0 fully saturated rings. The van der Waals surface area contributed by atoms with Gasteiger partial charge in [-0.15, -0.1) is 0 Å². The molecule has 1 aromatic heterocycles. The van der Waals surface area contributed by atoms with E-state index in [1.54, 1.807) is 0 Å². The second kappa shape index (κ2) is 8.96. The second-order valence-corrected chi connectivity index (χ2v) is 8.53. The average Bonchev–Trinajstić information content (AvgIpc) is 2.78. The minimum Gasteiger partial charge on any atom is -0.502 e. The number of alkyl halides is 3. The standard InChI is InChI=1S/C25H24F3N3O3/c1-15-7-3-5-9-17(15)21(18-10-6-4-8-16(18)2)19-14-30(12-11-25(26,27)28)24(34)22-23(33)20(32)13-29-31(19)22/h3-10,13,19,21,33H,11-12,14H2,1-2H3/t19-/m1/s1. The molecule has 1 atom stereocenters. The van der Waals surface area contributed by atoms with E-state index < -0.39 is 53.9 Å². The lowest BCUT2D eigenvalue weighted by Gasteiger charge is -2.40. The van der Waals surface area contributed by atoms with Crippen LogP contribution in [0, 0.1) is 13.8 Å². The molecule has 34 heavy (non-hydrogen) atoms. The van der Waals surface area contributed by atoms with E-state index in [1.165, 1.54) is 4.68 Å². The number of aryl methyl sites for hydroxylation is 2. The van der Waals surface area contributed by atoms with Crippen molar-refractivity contribution in [2.24, 2.45) is 0 Å². The first-order valence-corrected chi connectivity index (χ1v) is 10.9. The van der Waals surface area contributed by atoms with E-state index in [9.17, 15) is 27.9 Å². The number of aromatic hydroxyl groups is 1. The molecule has 1 amide bonds. The first-order chi connectivity index (χ1) is 16.1. The number of aromatic nitrogens is 2. The molecule has 0 unspecified atom stereocenters. The van der Waals surface area contributed by atoms with Crippen LogP contribution in [0.5, 0.6) is 5.75 Å². The third kappa shape index (κ3) is 4.42. The molecular formula is C25H24F3N3O3. The number of hydrogen-bond donors (Lipinski definition) is 1. The zero-order chi connectivity index (χ0) is 24.6. The Morgan fingerprint density at radius 3 is 2.12 bits per heavy atom. The number of fused-ring (bicyclic) bond motifs is 1. The van der Waals surface area contributed by atoms with Crippen LogP contribution in [0.1, 0.15) is 51.1 Å². The van der Waals surface area contributed by atoms with Crippen molar-refractivity contribution in [1.82, 2.24) is 14.7 Å². The minimum absolute atomic E-state index is 0.0649. The summed E-state index contributed by atoms with van der Waals surface area (Å²) in [6.07, 6.45) is -4.73. The van der Waals surface area contributed by atoms with Crippen LogP contribution in [-0.2, 0) is 0 Å². The summed E-state index contributed by atoms with van der Waals surface area (Å²) in [5.41, 5.74) is 2.50. The van der Waals surface area contributed by atoms with Gasteiger partial charge in [0.2, 0.25) is 5.43 Å². The Morgan fingerprint density at radius 2 is 1.59 bits per heavy atom. The Bertz CT molecular complexity index is 1240. The van der Waals surface area contributed by atoms with Gasteiger partial charge in [0.05, 0.1) is 18.7 Å². The summed E-state index contributed by atoms with van der Waals surface area (Å²) in [4.78, 5) is 26.2. The average molecular weight is 471 g/mol. The van der Waals surface area contributed by atoms with Crippen molar-refractivity contribution < 1.29 is 23.1 Å². The maximum absolute atomic E-state index is 13.1. The third-order valence-electron chi connectivity index (χ3n) is 6.29. The van der Waals surface area contributed by atoms with E-state index in [1.807, 2.05) is 62.4 Å². The number of carbonyl (C=O) groups excluding carboxylic acids is 1. The largest absolute Gasteiger partial charge is 0.502 e. The molecule has 178 valence electrons. The number of amides is 1. The van der Waals surface area contributed by atoms with Gasteiger partial charge in [0.25, 0.3) is 5.91 Å². The number of carbonyl (C=O) groups is 1. The fourth-order valence-corrected chi connectivity index (χ4v) is 4.60. The van der Waals surface area contributed by atoms with Gasteiger partial charge in [-0.05, 0) is 36.1 Å². The SMILES string of the molecule is Cc1ccccc1C(c1ccccc1C)[C@H]1CN(CCC(F)(F)F)C(=O)c2c(O)c(=O)cnn21. The van der Waals surface area contributed by atoms with Crippen LogP contribution in [0.15, 0.2) is 59.5 Å². The predicted octanol–water partition coefficient (Wildman–Crippen LogP) is 4.35. The molecule has 1 aliphatic rings. The quantitative estimate of drug-likeness (QED) is 0.601. The van der Waals surface area contributed by atoms with Crippen LogP contribution in [-0.4, -0.2) is 45.0 Å². The molecule has 0 saturated heterocycles. The van der Waals surface area contributed by atoms with Gasteiger partial charge >= 0.3 is 6.18 Å². The summed E-state index contributed by atoms with van der Waals surface area (Å²) < 4.78 is 40.3. The molecule has 0 aliphatic carbocycles. The molecule has 3 aromatic rings. The highest BCUT2D eigenvalue weighted by Crippen LogP contribution is 2.41. The lowest BCUT2D eigenvalue weighted by molar-refractivity contribution is -0.137. The monoisotopic (exact) mass is 471 g/mol. The first kappa shape index (κ1) is 23.5. The predicted molar refractivity (Wildman–Crippen MR) is 120 cm³/mol. The summed E-state index contributed by atoms with van der Waals surface area (Å²) in [5, 5.41) is 14.6. The molecule has 9 heteroatoms. The molecule has 0 bridgehead atoms. The van der Waals surface area contributed by atoms with E-state index in [0.29, 0.717) is 0 Å². The molecule has 4 rings (SSSR count). The van der Waals surface area contributed by atoms with Crippen LogP contribution < -0.4 is 5.43 Å². The van der Waals surface area contributed by atoms with Crippen LogP contribution in [0.3, 0.4) is 0 Å². The summed E-state index contributed by atoms with van der Waals surface area (Å²) in [6.45, 7) is 3.22. The smallest absolute Gasteiger partial charge is 0.390 e. The summed E-state index contributed by atoms with van der Waals surface area (Å²) in [7, 11) is 0. The molecule has 0 saturated carbocycles. The van der Waals surface area contributed by atoms with Gasteiger partial charge in [-0.3, -0.25) is 14.3 Å².